The van der Waals surface area contributed by atoms with Crippen LogP contribution in [0, 0.1) is 5.92 Å². The minimum absolute atomic E-state index is 0.668. The van der Waals surface area contributed by atoms with E-state index in [1.54, 1.807) is 7.11 Å². The van der Waals surface area contributed by atoms with Crippen LogP contribution < -0.4 is 10.5 Å². The van der Waals surface area contributed by atoms with Gasteiger partial charge in [-0.2, -0.15) is 0 Å². The van der Waals surface area contributed by atoms with Crippen molar-refractivity contribution < 1.29 is 9.15 Å². The molecule has 20 heavy (non-hydrogen) atoms. The molecule has 0 saturated heterocycles. The molecule has 1 heterocycles. The van der Waals surface area contributed by atoms with E-state index < -0.39 is 0 Å². The fourth-order valence-electron chi connectivity index (χ4n) is 2.65. The standard InChI is InChI=1S/C16H24N2O2/c1-3-5-12(10-11-17)8-9-15-18-16-13(19-2)6-4-7-14(16)20-15/h4,6-7,12H,3,5,8-11,17H2,1-2H3. The van der Waals surface area contributed by atoms with Gasteiger partial charge in [-0.1, -0.05) is 25.8 Å². The quantitative estimate of drug-likeness (QED) is 0.801. The Hall–Kier alpha value is -1.55. The summed E-state index contributed by atoms with van der Waals surface area (Å²) < 4.78 is 11.1. The van der Waals surface area contributed by atoms with Crippen LogP contribution in [-0.2, 0) is 6.42 Å². The number of rotatable bonds is 8. The van der Waals surface area contributed by atoms with Gasteiger partial charge in [-0.3, -0.25) is 0 Å². The summed E-state index contributed by atoms with van der Waals surface area (Å²) in [6.45, 7) is 2.97. The summed E-state index contributed by atoms with van der Waals surface area (Å²) in [4.78, 5) is 4.55. The number of methoxy groups -OCH3 is 1. The molecule has 1 atom stereocenters. The van der Waals surface area contributed by atoms with Crippen molar-refractivity contribution in [1.29, 1.82) is 0 Å². The van der Waals surface area contributed by atoms with E-state index in [1.165, 1.54) is 12.8 Å². The Morgan fingerprint density at radius 1 is 1.30 bits per heavy atom. The van der Waals surface area contributed by atoms with Gasteiger partial charge >= 0.3 is 0 Å². The van der Waals surface area contributed by atoms with Crippen LogP contribution in [0.3, 0.4) is 0 Å². The number of ether oxygens (including phenoxy) is 1. The number of hydrogen-bond acceptors (Lipinski definition) is 4. The first-order chi connectivity index (χ1) is 9.78. The van der Waals surface area contributed by atoms with Gasteiger partial charge in [0.1, 0.15) is 5.75 Å². The largest absolute Gasteiger partial charge is 0.494 e. The molecule has 0 saturated carbocycles. The van der Waals surface area contributed by atoms with Crippen molar-refractivity contribution in [2.45, 2.75) is 39.0 Å². The van der Waals surface area contributed by atoms with Gasteiger partial charge in [0.25, 0.3) is 0 Å². The van der Waals surface area contributed by atoms with Gasteiger partial charge in [-0.25, -0.2) is 4.98 Å². The lowest BCUT2D eigenvalue weighted by Gasteiger charge is -2.13. The Balaban J connectivity index is 2.06. The zero-order valence-corrected chi connectivity index (χ0v) is 12.4. The zero-order valence-electron chi connectivity index (χ0n) is 12.4. The Labute approximate surface area is 120 Å². The van der Waals surface area contributed by atoms with Crippen molar-refractivity contribution in [3.05, 3.63) is 24.1 Å². The molecule has 0 spiro atoms. The second-order valence-electron chi connectivity index (χ2n) is 5.19. The third-order valence-corrected chi connectivity index (χ3v) is 3.68. The molecule has 2 N–H and O–H groups in total. The van der Waals surface area contributed by atoms with Crippen molar-refractivity contribution in [1.82, 2.24) is 4.98 Å². The van der Waals surface area contributed by atoms with Crippen molar-refractivity contribution in [2.24, 2.45) is 11.7 Å². The summed E-state index contributed by atoms with van der Waals surface area (Å²) in [6, 6.07) is 5.76. The van der Waals surface area contributed by atoms with E-state index in [9.17, 15) is 0 Å². The predicted octanol–water partition coefficient (Wildman–Crippen LogP) is 3.53. The summed E-state index contributed by atoms with van der Waals surface area (Å²) >= 11 is 0. The Morgan fingerprint density at radius 2 is 2.15 bits per heavy atom. The first-order valence-electron chi connectivity index (χ1n) is 7.41. The topological polar surface area (TPSA) is 61.3 Å². The van der Waals surface area contributed by atoms with Crippen molar-refractivity contribution in [3.8, 4) is 5.75 Å². The molecular weight excluding hydrogens is 252 g/mol. The average molecular weight is 276 g/mol. The van der Waals surface area contributed by atoms with Gasteiger partial charge in [0, 0.05) is 6.42 Å². The smallest absolute Gasteiger partial charge is 0.195 e. The zero-order chi connectivity index (χ0) is 14.4. The molecule has 1 aromatic heterocycles. The third kappa shape index (κ3) is 3.51. The van der Waals surface area contributed by atoms with Crippen LogP contribution in [0.4, 0.5) is 0 Å². The molecule has 2 aromatic rings. The van der Waals surface area contributed by atoms with Gasteiger partial charge in [0.2, 0.25) is 0 Å². The maximum Gasteiger partial charge on any atom is 0.195 e. The lowest BCUT2D eigenvalue weighted by molar-refractivity contribution is 0.398. The normalized spacial score (nSPS) is 12.8. The molecule has 0 aliphatic rings. The number of nitrogens with two attached hydrogens (primary N) is 1. The molecule has 0 aliphatic carbocycles. The van der Waals surface area contributed by atoms with Crippen LogP contribution in [0.1, 0.15) is 38.5 Å². The second kappa shape index (κ2) is 7.29. The van der Waals surface area contributed by atoms with Gasteiger partial charge in [-0.15, -0.1) is 0 Å². The summed E-state index contributed by atoms with van der Waals surface area (Å²) in [5.74, 6) is 2.23. The van der Waals surface area contributed by atoms with Crippen LogP contribution in [0.2, 0.25) is 0 Å². The maximum absolute atomic E-state index is 5.79. The fraction of sp³-hybridized carbons (Fsp3) is 0.562. The SMILES string of the molecule is CCCC(CCN)CCc1nc2c(OC)cccc2o1. The van der Waals surface area contributed by atoms with Gasteiger partial charge in [0.05, 0.1) is 7.11 Å². The molecular formula is C16H24N2O2. The number of hydrogen-bond donors (Lipinski definition) is 1. The minimum atomic E-state index is 0.668. The molecule has 4 heteroatoms. The molecule has 110 valence electrons. The highest BCUT2D eigenvalue weighted by Crippen LogP contribution is 2.26. The first kappa shape index (κ1) is 14.9. The molecule has 0 amide bonds. The summed E-state index contributed by atoms with van der Waals surface area (Å²) in [5.41, 5.74) is 7.28. The number of benzene rings is 1. The lowest BCUT2D eigenvalue weighted by atomic mass is 9.94. The van der Waals surface area contributed by atoms with E-state index in [0.717, 1.165) is 48.5 Å². The van der Waals surface area contributed by atoms with Crippen molar-refractivity contribution in [3.63, 3.8) is 0 Å². The Bertz CT molecular complexity index is 530. The monoisotopic (exact) mass is 276 g/mol. The molecule has 4 nitrogen and oxygen atoms in total. The maximum atomic E-state index is 5.79. The van der Waals surface area contributed by atoms with Crippen LogP contribution in [-0.4, -0.2) is 18.6 Å². The predicted molar refractivity (Wildman–Crippen MR) is 81.0 cm³/mol. The number of fused-ring (bicyclic) bond motifs is 1. The molecule has 0 aliphatic heterocycles. The van der Waals surface area contributed by atoms with Crippen LogP contribution in [0.5, 0.6) is 5.75 Å². The molecule has 0 fully saturated rings. The lowest BCUT2D eigenvalue weighted by Crippen LogP contribution is -2.09. The highest BCUT2D eigenvalue weighted by atomic mass is 16.5. The number of para-hydroxylation sites is 1. The Morgan fingerprint density at radius 3 is 2.85 bits per heavy atom. The van der Waals surface area contributed by atoms with E-state index in [-0.39, 0.29) is 0 Å². The summed E-state index contributed by atoms with van der Waals surface area (Å²) in [6.07, 6.45) is 5.45. The summed E-state index contributed by atoms with van der Waals surface area (Å²) in [5, 5.41) is 0. The van der Waals surface area contributed by atoms with Crippen molar-refractivity contribution in [2.75, 3.05) is 13.7 Å². The third-order valence-electron chi connectivity index (χ3n) is 3.68. The van der Waals surface area contributed by atoms with Crippen LogP contribution in [0.15, 0.2) is 22.6 Å². The van der Waals surface area contributed by atoms with Crippen LogP contribution in [0.25, 0.3) is 11.1 Å². The molecule has 2 rings (SSSR count). The number of oxazole rings is 1. The van der Waals surface area contributed by atoms with Crippen LogP contribution >= 0.6 is 0 Å². The van der Waals surface area contributed by atoms with Gasteiger partial charge in [-0.05, 0) is 37.4 Å². The molecule has 1 aromatic carbocycles. The summed E-state index contributed by atoms with van der Waals surface area (Å²) in [7, 11) is 1.65. The molecule has 1 unspecified atom stereocenters. The average Bonchev–Trinajstić information content (AvgIpc) is 2.88. The van der Waals surface area contributed by atoms with E-state index in [1.807, 2.05) is 18.2 Å². The number of aromatic nitrogens is 1. The van der Waals surface area contributed by atoms with Gasteiger partial charge in [0.15, 0.2) is 17.0 Å². The fourth-order valence-corrected chi connectivity index (χ4v) is 2.65. The molecule has 0 radical (unpaired) electrons. The van der Waals surface area contributed by atoms with E-state index >= 15 is 0 Å². The van der Waals surface area contributed by atoms with E-state index in [4.69, 9.17) is 14.9 Å². The van der Waals surface area contributed by atoms with Gasteiger partial charge < -0.3 is 14.9 Å². The Kier molecular flexibility index (Phi) is 5.41. The highest BCUT2D eigenvalue weighted by Gasteiger charge is 2.13. The first-order valence-corrected chi connectivity index (χ1v) is 7.41. The highest BCUT2D eigenvalue weighted by molar-refractivity contribution is 5.79. The number of aryl methyl sites for hydroxylation is 1. The number of nitrogens with zero attached hydrogens (tertiary/aromatic N) is 1. The minimum Gasteiger partial charge on any atom is -0.494 e. The van der Waals surface area contributed by atoms with Crippen molar-refractivity contribution >= 4 is 11.1 Å². The van der Waals surface area contributed by atoms with E-state index in [2.05, 4.69) is 11.9 Å². The second-order valence-corrected chi connectivity index (χ2v) is 5.19. The molecule has 0 bridgehead atoms. The van der Waals surface area contributed by atoms with E-state index in [0.29, 0.717) is 5.92 Å².